The molecule has 0 heterocycles. The zero-order chi connectivity index (χ0) is 8.97. The maximum atomic E-state index is 2.41. The Morgan fingerprint density at radius 2 is 1.83 bits per heavy atom. The summed E-state index contributed by atoms with van der Waals surface area (Å²) in [6.45, 7) is 7.09. The van der Waals surface area contributed by atoms with Gasteiger partial charge in [0, 0.05) is 0 Å². The molecule has 0 aromatic carbocycles. The van der Waals surface area contributed by atoms with E-state index < -0.39 is 0 Å². The Bertz CT molecular complexity index is 117. The van der Waals surface area contributed by atoms with E-state index in [2.05, 4.69) is 20.8 Å². The molecule has 0 amide bonds. The first-order valence-corrected chi connectivity index (χ1v) is 5.77. The van der Waals surface area contributed by atoms with Gasteiger partial charge in [-0.1, -0.05) is 52.9 Å². The monoisotopic (exact) mass is 168 g/mol. The molecule has 0 bridgehead atoms. The second-order valence-electron chi connectivity index (χ2n) is 4.61. The third-order valence-electron chi connectivity index (χ3n) is 3.74. The molecule has 0 radical (unpaired) electrons. The standard InChI is InChI=1S/C12H24/c1-4-10(3)9-12-8-6-7-11(12)5-2/h10-12H,4-9H2,1-3H3/t10-,11?,12?/m0/s1. The summed E-state index contributed by atoms with van der Waals surface area (Å²) in [4.78, 5) is 0. The van der Waals surface area contributed by atoms with Crippen molar-refractivity contribution in [1.82, 2.24) is 0 Å². The Kier molecular flexibility index (Phi) is 4.11. The van der Waals surface area contributed by atoms with Crippen molar-refractivity contribution < 1.29 is 0 Å². The Balaban J connectivity index is 2.30. The third-order valence-corrected chi connectivity index (χ3v) is 3.74. The number of hydrogen-bond donors (Lipinski definition) is 0. The topological polar surface area (TPSA) is 0 Å². The Hall–Kier alpha value is 0. The van der Waals surface area contributed by atoms with E-state index in [1.165, 1.54) is 38.5 Å². The van der Waals surface area contributed by atoms with Crippen molar-refractivity contribution in [1.29, 1.82) is 0 Å². The molecule has 0 aromatic rings. The minimum Gasteiger partial charge on any atom is -0.0651 e. The van der Waals surface area contributed by atoms with Crippen molar-refractivity contribution in [3.63, 3.8) is 0 Å². The van der Waals surface area contributed by atoms with Gasteiger partial charge in [-0.3, -0.25) is 0 Å². The van der Waals surface area contributed by atoms with Gasteiger partial charge < -0.3 is 0 Å². The first-order valence-electron chi connectivity index (χ1n) is 5.77. The van der Waals surface area contributed by atoms with Gasteiger partial charge in [-0.05, 0) is 24.2 Å². The molecular formula is C12H24. The molecule has 72 valence electrons. The lowest BCUT2D eigenvalue weighted by Gasteiger charge is -2.20. The van der Waals surface area contributed by atoms with Crippen molar-refractivity contribution >= 4 is 0 Å². The van der Waals surface area contributed by atoms with E-state index in [-0.39, 0.29) is 0 Å². The van der Waals surface area contributed by atoms with E-state index in [4.69, 9.17) is 0 Å². The van der Waals surface area contributed by atoms with Crippen LogP contribution in [-0.4, -0.2) is 0 Å². The molecule has 1 rings (SSSR count). The Labute approximate surface area is 77.7 Å². The van der Waals surface area contributed by atoms with Crippen LogP contribution in [0.25, 0.3) is 0 Å². The summed E-state index contributed by atoms with van der Waals surface area (Å²) in [5, 5.41) is 0. The van der Waals surface area contributed by atoms with Gasteiger partial charge in [0.05, 0.1) is 0 Å². The average molecular weight is 168 g/mol. The summed E-state index contributed by atoms with van der Waals surface area (Å²) < 4.78 is 0. The van der Waals surface area contributed by atoms with E-state index in [0.717, 1.165) is 17.8 Å². The van der Waals surface area contributed by atoms with Crippen LogP contribution in [0.2, 0.25) is 0 Å². The molecular weight excluding hydrogens is 144 g/mol. The summed E-state index contributed by atoms with van der Waals surface area (Å²) in [7, 11) is 0. The van der Waals surface area contributed by atoms with Crippen LogP contribution in [0.5, 0.6) is 0 Å². The second-order valence-corrected chi connectivity index (χ2v) is 4.61. The van der Waals surface area contributed by atoms with Gasteiger partial charge in [0.15, 0.2) is 0 Å². The molecule has 0 saturated heterocycles. The normalized spacial score (nSPS) is 32.2. The van der Waals surface area contributed by atoms with Crippen LogP contribution in [0.15, 0.2) is 0 Å². The quantitative estimate of drug-likeness (QED) is 0.588. The molecule has 0 spiro atoms. The molecule has 1 saturated carbocycles. The molecule has 1 fully saturated rings. The minimum atomic E-state index is 0.960. The fourth-order valence-electron chi connectivity index (χ4n) is 2.64. The van der Waals surface area contributed by atoms with Crippen LogP contribution in [0.4, 0.5) is 0 Å². The molecule has 0 aromatic heterocycles. The molecule has 3 atom stereocenters. The van der Waals surface area contributed by atoms with Gasteiger partial charge in [0.2, 0.25) is 0 Å². The van der Waals surface area contributed by atoms with Crippen LogP contribution in [0.3, 0.4) is 0 Å². The van der Waals surface area contributed by atoms with Crippen molar-refractivity contribution in [2.75, 3.05) is 0 Å². The second kappa shape index (κ2) is 4.89. The van der Waals surface area contributed by atoms with Gasteiger partial charge in [-0.25, -0.2) is 0 Å². The lowest BCUT2D eigenvalue weighted by molar-refractivity contribution is 0.302. The number of hydrogen-bond acceptors (Lipinski definition) is 0. The molecule has 12 heavy (non-hydrogen) atoms. The van der Waals surface area contributed by atoms with E-state index in [1.807, 2.05) is 0 Å². The fraction of sp³-hybridized carbons (Fsp3) is 1.00. The lowest BCUT2D eigenvalue weighted by atomic mass is 9.85. The first-order chi connectivity index (χ1) is 5.77. The third kappa shape index (κ3) is 2.50. The van der Waals surface area contributed by atoms with Gasteiger partial charge in [0.1, 0.15) is 0 Å². The summed E-state index contributed by atoms with van der Waals surface area (Å²) in [6, 6.07) is 0. The molecule has 1 aliphatic rings. The molecule has 0 aliphatic heterocycles. The predicted molar refractivity (Wildman–Crippen MR) is 55.2 cm³/mol. The molecule has 0 nitrogen and oxygen atoms in total. The van der Waals surface area contributed by atoms with Gasteiger partial charge >= 0.3 is 0 Å². The molecule has 0 heteroatoms. The van der Waals surface area contributed by atoms with Crippen molar-refractivity contribution in [3.8, 4) is 0 Å². The fourth-order valence-corrected chi connectivity index (χ4v) is 2.64. The lowest BCUT2D eigenvalue weighted by Crippen LogP contribution is -2.10. The predicted octanol–water partition coefficient (Wildman–Crippen LogP) is 4.25. The van der Waals surface area contributed by atoms with Crippen LogP contribution >= 0.6 is 0 Å². The van der Waals surface area contributed by atoms with Crippen LogP contribution in [-0.2, 0) is 0 Å². The maximum Gasteiger partial charge on any atom is -0.0383 e. The maximum absolute atomic E-state index is 2.41. The van der Waals surface area contributed by atoms with Crippen molar-refractivity contribution in [3.05, 3.63) is 0 Å². The molecule has 0 N–H and O–H groups in total. The smallest absolute Gasteiger partial charge is 0.0383 e. The highest BCUT2D eigenvalue weighted by atomic mass is 14.3. The van der Waals surface area contributed by atoms with Crippen LogP contribution in [0.1, 0.15) is 59.3 Å². The molecule has 2 unspecified atom stereocenters. The first kappa shape index (κ1) is 10.1. The van der Waals surface area contributed by atoms with Crippen molar-refractivity contribution in [2.24, 2.45) is 17.8 Å². The zero-order valence-electron chi connectivity index (χ0n) is 8.97. The van der Waals surface area contributed by atoms with E-state index in [0.29, 0.717) is 0 Å². The highest BCUT2D eigenvalue weighted by Gasteiger charge is 2.26. The number of rotatable bonds is 4. The summed E-state index contributed by atoms with van der Waals surface area (Å²) in [6.07, 6.45) is 8.81. The van der Waals surface area contributed by atoms with Crippen LogP contribution < -0.4 is 0 Å². The van der Waals surface area contributed by atoms with Gasteiger partial charge in [0.25, 0.3) is 0 Å². The SMILES string of the molecule is CCC1CCCC1C[C@@H](C)CC. The summed E-state index contributed by atoms with van der Waals surface area (Å²) in [5.74, 6) is 3.10. The Morgan fingerprint density at radius 1 is 1.17 bits per heavy atom. The summed E-state index contributed by atoms with van der Waals surface area (Å²) >= 11 is 0. The van der Waals surface area contributed by atoms with E-state index in [9.17, 15) is 0 Å². The minimum absolute atomic E-state index is 0.960. The molecule has 1 aliphatic carbocycles. The largest absolute Gasteiger partial charge is 0.0651 e. The average Bonchev–Trinajstić information content (AvgIpc) is 2.51. The summed E-state index contributed by atoms with van der Waals surface area (Å²) in [5.41, 5.74) is 0. The van der Waals surface area contributed by atoms with Gasteiger partial charge in [-0.2, -0.15) is 0 Å². The highest BCUT2D eigenvalue weighted by molar-refractivity contribution is 4.77. The van der Waals surface area contributed by atoms with Gasteiger partial charge in [-0.15, -0.1) is 0 Å². The highest BCUT2D eigenvalue weighted by Crippen LogP contribution is 2.38. The zero-order valence-corrected chi connectivity index (χ0v) is 8.97. The van der Waals surface area contributed by atoms with Crippen molar-refractivity contribution in [2.45, 2.75) is 59.3 Å². The van der Waals surface area contributed by atoms with Crippen LogP contribution in [0, 0.1) is 17.8 Å². The Morgan fingerprint density at radius 3 is 2.42 bits per heavy atom. The van der Waals surface area contributed by atoms with E-state index >= 15 is 0 Å². The van der Waals surface area contributed by atoms with E-state index in [1.54, 1.807) is 0 Å².